The largest absolute Gasteiger partial charge is 0.496 e. The highest BCUT2D eigenvalue weighted by molar-refractivity contribution is 5.41. The summed E-state index contributed by atoms with van der Waals surface area (Å²) in [5.74, 6) is -0.563. The zero-order valence-corrected chi connectivity index (χ0v) is 9.73. The van der Waals surface area contributed by atoms with Crippen LogP contribution in [0.4, 0.5) is 8.78 Å². The Labute approximate surface area is 103 Å². The maximum Gasteiger partial charge on any atom is 0.146 e. The number of halogens is 2. The van der Waals surface area contributed by atoms with Crippen molar-refractivity contribution in [1.29, 1.82) is 0 Å². The van der Waals surface area contributed by atoms with Crippen LogP contribution in [0.5, 0.6) is 5.75 Å². The molecule has 0 aliphatic heterocycles. The van der Waals surface area contributed by atoms with Crippen LogP contribution < -0.4 is 10.5 Å². The Morgan fingerprint density at radius 1 is 1.22 bits per heavy atom. The normalized spacial score (nSPS) is 12.2. The van der Waals surface area contributed by atoms with Gasteiger partial charge in [-0.1, -0.05) is 0 Å². The van der Waals surface area contributed by atoms with Crippen LogP contribution in [0.3, 0.4) is 0 Å². The lowest BCUT2D eigenvalue weighted by Gasteiger charge is -2.16. The van der Waals surface area contributed by atoms with E-state index < -0.39 is 17.7 Å². The molecule has 2 rings (SSSR count). The van der Waals surface area contributed by atoms with E-state index in [4.69, 9.17) is 10.5 Å². The van der Waals surface area contributed by atoms with E-state index in [2.05, 4.69) is 4.98 Å². The van der Waals surface area contributed by atoms with Crippen molar-refractivity contribution in [3.63, 3.8) is 0 Å². The maximum absolute atomic E-state index is 13.6. The first-order chi connectivity index (χ1) is 8.63. The topological polar surface area (TPSA) is 48.1 Å². The average molecular weight is 250 g/mol. The van der Waals surface area contributed by atoms with Gasteiger partial charge in [-0.3, -0.25) is 4.98 Å². The number of rotatable bonds is 3. The van der Waals surface area contributed by atoms with Gasteiger partial charge in [-0.2, -0.15) is 0 Å². The Morgan fingerprint density at radius 2 is 2.00 bits per heavy atom. The molecule has 0 aliphatic rings. The molecule has 1 unspecified atom stereocenters. The molecule has 1 aromatic carbocycles. The van der Waals surface area contributed by atoms with Crippen LogP contribution >= 0.6 is 0 Å². The third-order valence-electron chi connectivity index (χ3n) is 2.67. The number of benzene rings is 1. The maximum atomic E-state index is 13.6. The summed E-state index contributed by atoms with van der Waals surface area (Å²) in [5.41, 5.74) is 6.58. The lowest BCUT2D eigenvalue weighted by Crippen LogP contribution is -2.15. The van der Waals surface area contributed by atoms with Gasteiger partial charge in [-0.15, -0.1) is 0 Å². The predicted octanol–water partition coefficient (Wildman–Crippen LogP) is 2.42. The Bertz CT molecular complexity index is 560. The summed E-state index contributed by atoms with van der Waals surface area (Å²) in [7, 11) is 1.45. The van der Waals surface area contributed by atoms with Gasteiger partial charge in [0.15, 0.2) is 0 Å². The van der Waals surface area contributed by atoms with E-state index >= 15 is 0 Å². The van der Waals surface area contributed by atoms with E-state index in [0.717, 1.165) is 6.20 Å². The number of nitrogens with two attached hydrogens (primary N) is 1. The Hall–Kier alpha value is -2.01. The molecule has 0 fully saturated rings. The fourth-order valence-corrected chi connectivity index (χ4v) is 1.75. The first-order valence-corrected chi connectivity index (χ1v) is 5.32. The standard InChI is InChI=1S/C13H12F2N2O/c1-18-12-3-2-8(14)6-10(12)13(16)9-4-5-17-7-11(9)15/h2-7,13H,16H2,1H3. The van der Waals surface area contributed by atoms with Crippen molar-refractivity contribution < 1.29 is 13.5 Å². The number of pyridine rings is 1. The Balaban J connectivity index is 2.48. The van der Waals surface area contributed by atoms with Crippen molar-refractivity contribution in [2.45, 2.75) is 6.04 Å². The minimum Gasteiger partial charge on any atom is -0.496 e. The van der Waals surface area contributed by atoms with Crippen LogP contribution in [0.15, 0.2) is 36.7 Å². The van der Waals surface area contributed by atoms with E-state index in [-0.39, 0.29) is 5.56 Å². The van der Waals surface area contributed by atoms with Gasteiger partial charge in [0.1, 0.15) is 17.4 Å². The second-order valence-electron chi connectivity index (χ2n) is 3.76. The van der Waals surface area contributed by atoms with Crippen LogP contribution in [0.2, 0.25) is 0 Å². The summed E-state index contributed by atoms with van der Waals surface area (Å²) in [4.78, 5) is 3.65. The first-order valence-electron chi connectivity index (χ1n) is 5.32. The Morgan fingerprint density at radius 3 is 2.67 bits per heavy atom. The van der Waals surface area contributed by atoms with Gasteiger partial charge in [-0.05, 0) is 24.3 Å². The number of hydrogen-bond donors (Lipinski definition) is 1. The highest BCUT2D eigenvalue weighted by atomic mass is 19.1. The highest BCUT2D eigenvalue weighted by Gasteiger charge is 2.18. The molecule has 0 aliphatic carbocycles. The quantitative estimate of drug-likeness (QED) is 0.910. The third kappa shape index (κ3) is 2.31. The zero-order valence-electron chi connectivity index (χ0n) is 9.73. The van der Waals surface area contributed by atoms with Gasteiger partial charge in [0.2, 0.25) is 0 Å². The SMILES string of the molecule is COc1ccc(F)cc1C(N)c1ccncc1F. The number of methoxy groups -OCH3 is 1. The average Bonchev–Trinajstić information content (AvgIpc) is 2.38. The van der Waals surface area contributed by atoms with Gasteiger partial charge in [0.05, 0.1) is 19.3 Å². The summed E-state index contributed by atoms with van der Waals surface area (Å²) in [6, 6.07) is 4.62. The number of nitrogens with zero attached hydrogens (tertiary/aromatic N) is 1. The lowest BCUT2D eigenvalue weighted by atomic mass is 9.99. The van der Waals surface area contributed by atoms with Gasteiger partial charge < -0.3 is 10.5 Å². The first kappa shape index (κ1) is 12.4. The summed E-state index contributed by atoms with van der Waals surface area (Å²) >= 11 is 0. The number of aromatic nitrogens is 1. The fourth-order valence-electron chi connectivity index (χ4n) is 1.75. The number of ether oxygens (including phenoxy) is 1. The molecular weight excluding hydrogens is 238 g/mol. The smallest absolute Gasteiger partial charge is 0.146 e. The van der Waals surface area contributed by atoms with Crippen molar-refractivity contribution in [3.8, 4) is 5.75 Å². The summed E-state index contributed by atoms with van der Waals surface area (Å²) in [6.07, 6.45) is 2.50. The van der Waals surface area contributed by atoms with Crippen LogP contribution in [-0.2, 0) is 0 Å². The molecule has 0 saturated heterocycles. The molecule has 1 aromatic heterocycles. The molecule has 1 heterocycles. The predicted molar refractivity (Wildman–Crippen MR) is 63.2 cm³/mol. The van der Waals surface area contributed by atoms with Crippen LogP contribution in [-0.4, -0.2) is 12.1 Å². The molecule has 0 amide bonds. The molecule has 94 valence electrons. The minimum absolute atomic E-state index is 0.244. The summed E-state index contributed by atoms with van der Waals surface area (Å²) in [5, 5.41) is 0. The molecule has 2 aromatic rings. The van der Waals surface area contributed by atoms with Gasteiger partial charge in [0.25, 0.3) is 0 Å². The minimum atomic E-state index is -0.807. The summed E-state index contributed by atoms with van der Waals surface area (Å²) < 4.78 is 31.9. The molecule has 2 N–H and O–H groups in total. The lowest BCUT2D eigenvalue weighted by molar-refractivity contribution is 0.406. The van der Waals surface area contributed by atoms with E-state index in [1.807, 2.05) is 0 Å². The van der Waals surface area contributed by atoms with Gasteiger partial charge >= 0.3 is 0 Å². The molecule has 18 heavy (non-hydrogen) atoms. The molecule has 5 heteroatoms. The van der Waals surface area contributed by atoms with Crippen molar-refractivity contribution in [3.05, 3.63) is 59.4 Å². The van der Waals surface area contributed by atoms with Crippen molar-refractivity contribution in [2.75, 3.05) is 7.11 Å². The molecule has 0 bridgehead atoms. The van der Waals surface area contributed by atoms with Crippen molar-refractivity contribution in [2.24, 2.45) is 5.73 Å². The van der Waals surface area contributed by atoms with E-state index in [1.165, 1.54) is 37.6 Å². The second-order valence-corrected chi connectivity index (χ2v) is 3.76. The summed E-state index contributed by atoms with van der Waals surface area (Å²) in [6.45, 7) is 0. The molecule has 0 radical (unpaired) electrons. The molecule has 3 nitrogen and oxygen atoms in total. The van der Waals surface area contributed by atoms with Gasteiger partial charge in [0, 0.05) is 17.3 Å². The van der Waals surface area contributed by atoms with E-state index in [9.17, 15) is 8.78 Å². The zero-order chi connectivity index (χ0) is 13.1. The number of hydrogen-bond acceptors (Lipinski definition) is 3. The Kier molecular flexibility index (Phi) is 3.53. The molecule has 1 atom stereocenters. The molecular formula is C13H12F2N2O. The van der Waals surface area contributed by atoms with Crippen LogP contribution in [0.25, 0.3) is 0 Å². The second kappa shape index (κ2) is 5.10. The van der Waals surface area contributed by atoms with Crippen LogP contribution in [0, 0.1) is 11.6 Å². The van der Waals surface area contributed by atoms with Crippen molar-refractivity contribution >= 4 is 0 Å². The van der Waals surface area contributed by atoms with Crippen molar-refractivity contribution in [1.82, 2.24) is 4.98 Å². The molecule has 0 spiro atoms. The van der Waals surface area contributed by atoms with E-state index in [1.54, 1.807) is 0 Å². The van der Waals surface area contributed by atoms with Crippen LogP contribution in [0.1, 0.15) is 17.2 Å². The van der Waals surface area contributed by atoms with E-state index in [0.29, 0.717) is 11.3 Å². The third-order valence-corrected chi connectivity index (χ3v) is 2.67. The fraction of sp³-hybridized carbons (Fsp3) is 0.154. The molecule has 0 saturated carbocycles. The monoisotopic (exact) mass is 250 g/mol. The van der Waals surface area contributed by atoms with Gasteiger partial charge in [-0.25, -0.2) is 8.78 Å². The highest BCUT2D eigenvalue weighted by Crippen LogP contribution is 2.29.